The van der Waals surface area contributed by atoms with Gasteiger partial charge >= 0.3 is 0 Å². The van der Waals surface area contributed by atoms with Crippen molar-refractivity contribution in [3.05, 3.63) is 65.6 Å². The summed E-state index contributed by atoms with van der Waals surface area (Å²) in [5, 5.41) is 17.6. The van der Waals surface area contributed by atoms with E-state index in [4.69, 9.17) is 0 Å². The number of halogens is 1. The van der Waals surface area contributed by atoms with Crippen molar-refractivity contribution in [3.8, 4) is 0 Å². The lowest BCUT2D eigenvalue weighted by atomic mass is 10.1. The predicted octanol–water partition coefficient (Wildman–Crippen LogP) is 1.66. The second kappa shape index (κ2) is 11.3. The molecule has 1 amide bonds. The van der Waals surface area contributed by atoms with E-state index in [2.05, 4.69) is 31.1 Å². The number of carbonyl (C=O) groups excluding carboxylic acids is 1. The monoisotopic (exact) mass is 507 g/mol. The normalized spacial score (nSPS) is 11.0. The Balaban J connectivity index is 0.00000300. The number of nitrogens with zero attached hydrogens (tertiary/aromatic N) is 4. The van der Waals surface area contributed by atoms with Gasteiger partial charge in [-0.15, -0.1) is 34.2 Å². The lowest BCUT2D eigenvalue weighted by molar-refractivity contribution is 0.0963. The molecule has 8 nitrogen and oxygen atoms in total. The Morgan fingerprint density at radius 3 is 2.62 bits per heavy atom. The fraction of sp³-hybridized carbons (Fsp3) is 0.300. The van der Waals surface area contributed by atoms with Crippen LogP contribution in [0, 0.1) is 0 Å². The van der Waals surface area contributed by atoms with Crippen LogP contribution in [-0.4, -0.2) is 53.6 Å². The fourth-order valence-electron chi connectivity index (χ4n) is 2.91. The summed E-state index contributed by atoms with van der Waals surface area (Å²) < 4.78 is 1.98. The van der Waals surface area contributed by atoms with Crippen molar-refractivity contribution in [3.63, 3.8) is 0 Å². The summed E-state index contributed by atoms with van der Waals surface area (Å²) in [4.78, 5) is 16.0. The number of rotatable bonds is 7. The van der Waals surface area contributed by atoms with Crippen LogP contribution in [0.5, 0.6) is 0 Å². The summed E-state index contributed by atoms with van der Waals surface area (Å²) in [5.74, 6) is 1.56. The van der Waals surface area contributed by atoms with Crippen molar-refractivity contribution in [1.82, 2.24) is 30.5 Å². The molecule has 0 saturated heterocycles. The maximum atomic E-state index is 11.7. The zero-order valence-corrected chi connectivity index (χ0v) is 18.9. The molecule has 0 spiro atoms. The molecule has 0 bridgehead atoms. The SMILES string of the molecule is CN=C(NCCc1cccc(C(=O)NC)c1)NCCc1nnc2ccccn12.I. The Morgan fingerprint density at radius 2 is 1.86 bits per heavy atom. The van der Waals surface area contributed by atoms with Gasteiger partial charge in [0.2, 0.25) is 0 Å². The van der Waals surface area contributed by atoms with Gasteiger partial charge in [0.1, 0.15) is 5.82 Å². The molecule has 154 valence electrons. The van der Waals surface area contributed by atoms with E-state index < -0.39 is 0 Å². The minimum Gasteiger partial charge on any atom is -0.356 e. The molecule has 2 aromatic heterocycles. The van der Waals surface area contributed by atoms with Crippen LogP contribution < -0.4 is 16.0 Å². The maximum absolute atomic E-state index is 11.7. The van der Waals surface area contributed by atoms with Crippen LogP contribution in [0.2, 0.25) is 0 Å². The zero-order chi connectivity index (χ0) is 19.8. The lowest BCUT2D eigenvalue weighted by Crippen LogP contribution is -2.39. The molecule has 29 heavy (non-hydrogen) atoms. The highest BCUT2D eigenvalue weighted by Gasteiger charge is 2.06. The van der Waals surface area contributed by atoms with Crippen LogP contribution >= 0.6 is 24.0 Å². The molecule has 0 fully saturated rings. The summed E-state index contributed by atoms with van der Waals surface area (Å²) in [6.07, 6.45) is 3.49. The van der Waals surface area contributed by atoms with Gasteiger partial charge < -0.3 is 16.0 Å². The molecule has 9 heteroatoms. The average molecular weight is 507 g/mol. The van der Waals surface area contributed by atoms with Crippen LogP contribution in [0.15, 0.2) is 53.7 Å². The highest BCUT2D eigenvalue weighted by atomic mass is 127. The number of hydrogen-bond donors (Lipinski definition) is 3. The molecule has 3 rings (SSSR count). The number of carbonyl (C=O) groups is 1. The maximum Gasteiger partial charge on any atom is 0.251 e. The van der Waals surface area contributed by atoms with Gasteiger partial charge in [-0.05, 0) is 36.2 Å². The van der Waals surface area contributed by atoms with Crippen LogP contribution in [0.25, 0.3) is 5.65 Å². The van der Waals surface area contributed by atoms with E-state index in [9.17, 15) is 4.79 Å². The molecule has 0 unspecified atom stereocenters. The van der Waals surface area contributed by atoms with Crippen molar-refractivity contribution in [2.75, 3.05) is 27.2 Å². The third kappa shape index (κ3) is 6.14. The number of benzene rings is 1. The molecular formula is C20H26IN7O. The standard InChI is InChI=1S/C20H25N7O.HI/c1-21-19(28)16-7-5-6-15(14-16)9-11-23-20(22-2)24-12-10-18-26-25-17-8-3-4-13-27(17)18;/h3-8,13-14H,9-12H2,1-2H3,(H,21,28)(H2,22,23,24);1H. The van der Waals surface area contributed by atoms with E-state index in [1.807, 2.05) is 53.1 Å². The number of amides is 1. The van der Waals surface area contributed by atoms with Crippen LogP contribution in [-0.2, 0) is 12.8 Å². The molecule has 0 aliphatic carbocycles. The number of hydrogen-bond acceptors (Lipinski definition) is 4. The highest BCUT2D eigenvalue weighted by Crippen LogP contribution is 2.06. The van der Waals surface area contributed by atoms with E-state index in [1.54, 1.807) is 14.1 Å². The molecule has 0 aliphatic rings. The molecule has 0 atom stereocenters. The van der Waals surface area contributed by atoms with E-state index in [0.29, 0.717) is 18.7 Å². The van der Waals surface area contributed by atoms with Crippen molar-refractivity contribution in [1.29, 1.82) is 0 Å². The number of pyridine rings is 1. The van der Waals surface area contributed by atoms with Gasteiger partial charge in [0.15, 0.2) is 11.6 Å². The number of aromatic nitrogens is 3. The minimum atomic E-state index is -0.0757. The van der Waals surface area contributed by atoms with E-state index in [-0.39, 0.29) is 29.9 Å². The van der Waals surface area contributed by atoms with Crippen LogP contribution in [0.4, 0.5) is 0 Å². The first-order valence-corrected chi connectivity index (χ1v) is 9.25. The quantitative estimate of drug-likeness (QED) is 0.257. The van der Waals surface area contributed by atoms with Gasteiger partial charge in [-0.3, -0.25) is 14.2 Å². The van der Waals surface area contributed by atoms with Gasteiger partial charge in [0.05, 0.1) is 0 Å². The largest absolute Gasteiger partial charge is 0.356 e. The van der Waals surface area contributed by atoms with Crippen molar-refractivity contribution in [2.45, 2.75) is 12.8 Å². The molecule has 1 aromatic carbocycles. The van der Waals surface area contributed by atoms with Crippen molar-refractivity contribution in [2.24, 2.45) is 4.99 Å². The Kier molecular flexibility index (Phi) is 8.84. The summed E-state index contributed by atoms with van der Waals surface area (Å²) in [6.45, 7) is 1.41. The third-order valence-corrected chi connectivity index (χ3v) is 4.37. The second-order valence-electron chi connectivity index (χ2n) is 6.25. The van der Waals surface area contributed by atoms with Crippen molar-refractivity contribution >= 4 is 41.5 Å². The first kappa shape index (κ1) is 22.6. The molecule has 0 radical (unpaired) electrons. The second-order valence-corrected chi connectivity index (χ2v) is 6.25. The topological polar surface area (TPSA) is 95.7 Å². The molecule has 3 aromatic rings. The van der Waals surface area contributed by atoms with Crippen LogP contribution in [0.3, 0.4) is 0 Å². The Bertz CT molecular complexity index is 970. The average Bonchev–Trinajstić information content (AvgIpc) is 3.15. The number of aliphatic imine (C=N–C) groups is 1. The first-order valence-electron chi connectivity index (χ1n) is 9.25. The lowest BCUT2D eigenvalue weighted by Gasteiger charge is -2.12. The van der Waals surface area contributed by atoms with E-state index in [1.165, 1.54) is 0 Å². The Labute approximate surface area is 187 Å². The highest BCUT2D eigenvalue weighted by molar-refractivity contribution is 14.0. The fourth-order valence-corrected chi connectivity index (χ4v) is 2.91. The molecule has 0 aliphatic heterocycles. The summed E-state index contributed by atoms with van der Waals surface area (Å²) in [7, 11) is 3.38. The molecule has 3 N–H and O–H groups in total. The van der Waals surface area contributed by atoms with Gasteiger partial charge in [0.25, 0.3) is 5.91 Å². The van der Waals surface area contributed by atoms with Crippen LogP contribution in [0.1, 0.15) is 21.7 Å². The Hall–Kier alpha value is -2.69. The first-order chi connectivity index (χ1) is 13.7. The summed E-state index contributed by atoms with van der Waals surface area (Å²) >= 11 is 0. The van der Waals surface area contributed by atoms with Crippen molar-refractivity contribution < 1.29 is 4.79 Å². The number of guanidine groups is 1. The van der Waals surface area contributed by atoms with Gasteiger partial charge in [0, 0.05) is 45.4 Å². The van der Waals surface area contributed by atoms with E-state index >= 15 is 0 Å². The van der Waals surface area contributed by atoms with Gasteiger partial charge in [-0.2, -0.15) is 0 Å². The minimum absolute atomic E-state index is 0. The third-order valence-electron chi connectivity index (χ3n) is 4.37. The molecule has 0 saturated carbocycles. The number of nitrogens with one attached hydrogen (secondary N) is 3. The van der Waals surface area contributed by atoms with Gasteiger partial charge in [-0.1, -0.05) is 18.2 Å². The number of fused-ring (bicyclic) bond motifs is 1. The smallest absolute Gasteiger partial charge is 0.251 e. The molecular weight excluding hydrogens is 481 g/mol. The predicted molar refractivity (Wildman–Crippen MR) is 125 cm³/mol. The summed E-state index contributed by atoms with van der Waals surface area (Å²) in [6, 6.07) is 13.5. The van der Waals surface area contributed by atoms with Gasteiger partial charge in [-0.25, -0.2) is 0 Å². The molecule has 2 heterocycles. The Morgan fingerprint density at radius 1 is 1.07 bits per heavy atom. The summed E-state index contributed by atoms with van der Waals surface area (Å²) in [5.41, 5.74) is 2.61. The van der Waals surface area contributed by atoms with E-state index in [0.717, 1.165) is 35.8 Å². The zero-order valence-electron chi connectivity index (χ0n) is 16.6.